The molecule has 0 radical (unpaired) electrons. The second-order valence-electron chi connectivity index (χ2n) is 3.57. The van der Waals surface area contributed by atoms with Crippen molar-refractivity contribution in [2.45, 2.75) is 11.0 Å². The van der Waals surface area contributed by atoms with Crippen molar-refractivity contribution in [3.63, 3.8) is 0 Å². The largest absolute Gasteiger partial charge is 0.467 e. The van der Waals surface area contributed by atoms with E-state index in [2.05, 4.69) is 4.74 Å². The number of halogens is 1. The Hall–Kier alpha value is -1.71. The fraction of sp³-hybridized carbons (Fsp3) is 0.300. The van der Waals surface area contributed by atoms with E-state index in [-0.39, 0.29) is 10.6 Å². The molecule has 19 heavy (non-hydrogen) atoms. The summed E-state index contributed by atoms with van der Waals surface area (Å²) in [7, 11) is -2.94. The maximum absolute atomic E-state index is 12.9. The third-order valence-corrected chi connectivity index (χ3v) is 3.64. The zero-order valence-electron chi connectivity index (χ0n) is 9.96. The van der Waals surface area contributed by atoms with E-state index in [0.717, 1.165) is 25.3 Å². The van der Waals surface area contributed by atoms with Gasteiger partial charge in [0.1, 0.15) is 5.82 Å². The summed E-state index contributed by atoms with van der Waals surface area (Å²) < 4.78 is 42.6. The van der Waals surface area contributed by atoms with Crippen LogP contribution >= 0.6 is 0 Å². The predicted molar refractivity (Wildman–Crippen MR) is 64.0 cm³/mol. The van der Waals surface area contributed by atoms with Crippen LogP contribution < -0.4 is 10.5 Å². The Bertz CT molecular complexity index is 575. The molecule has 0 heterocycles. The van der Waals surface area contributed by atoms with Crippen LogP contribution in [0.25, 0.3) is 0 Å². The Morgan fingerprint density at radius 3 is 2.74 bits per heavy atom. The number of carbonyl (C=O) groups is 1. The van der Waals surface area contributed by atoms with E-state index < -0.39 is 34.5 Å². The number of ether oxygens (including phenoxy) is 1. The number of methoxy groups -OCH3 is 1. The molecule has 0 saturated carbocycles. The maximum Gasteiger partial charge on any atom is 0.336 e. The molecule has 0 spiro atoms. The minimum atomic E-state index is -4.00. The van der Waals surface area contributed by atoms with E-state index >= 15 is 0 Å². The molecule has 0 aliphatic rings. The summed E-state index contributed by atoms with van der Waals surface area (Å²) in [5.41, 5.74) is 4.93. The second kappa shape index (κ2) is 5.95. The van der Waals surface area contributed by atoms with E-state index in [9.17, 15) is 22.7 Å². The first-order valence-electron chi connectivity index (χ1n) is 5.08. The number of benzene rings is 1. The summed E-state index contributed by atoms with van der Waals surface area (Å²) in [5, 5.41) is 9.24. The highest BCUT2D eigenvalue weighted by atomic mass is 32.2. The molecule has 1 atom stereocenters. The molecule has 0 bridgehead atoms. The number of hydrogen-bond acceptors (Lipinski definition) is 6. The summed E-state index contributed by atoms with van der Waals surface area (Å²) in [6.07, 6.45) is -1.63. The van der Waals surface area contributed by atoms with Crippen LogP contribution in [0, 0.1) is 5.82 Å². The highest BCUT2D eigenvalue weighted by Crippen LogP contribution is 2.16. The minimum absolute atomic E-state index is 0.275. The number of anilines is 1. The molecule has 7 nitrogen and oxygen atoms in total. The number of nitrogen functional groups attached to an aromatic ring is 1. The number of carbonyl (C=O) groups excluding carboxylic acids is 1. The van der Waals surface area contributed by atoms with Gasteiger partial charge in [-0.05, 0) is 18.2 Å². The number of hydrogen-bond donors (Lipinski definition) is 3. The van der Waals surface area contributed by atoms with E-state index in [4.69, 9.17) is 5.73 Å². The van der Waals surface area contributed by atoms with Crippen molar-refractivity contribution < 1.29 is 27.4 Å². The number of aliphatic hydroxyl groups excluding tert-OH is 1. The molecule has 1 aromatic carbocycles. The lowest BCUT2D eigenvalue weighted by molar-refractivity contribution is -0.149. The molecule has 9 heteroatoms. The Morgan fingerprint density at radius 1 is 1.58 bits per heavy atom. The van der Waals surface area contributed by atoms with Gasteiger partial charge >= 0.3 is 5.97 Å². The van der Waals surface area contributed by atoms with Gasteiger partial charge in [0.25, 0.3) is 0 Å². The smallest absolute Gasteiger partial charge is 0.336 e. The van der Waals surface area contributed by atoms with Gasteiger partial charge in [-0.25, -0.2) is 22.3 Å². The van der Waals surface area contributed by atoms with Crippen LogP contribution in [0.3, 0.4) is 0 Å². The lowest BCUT2D eigenvalue weighted by atomic mass is 10.3. The van der Waals surface area contributed by atoms with E-state index in [1.807, 2.05) is 4.72 Å². The number of sulfonamides is 1. The number of aliphatic hydroxyl groups is 1. The Labute approximate surface area is 109 Å². The quantitative estimate of drug-likeness (QED) is 0.484. The molecule has 0 saturated heterocycles. The van der Waals surface area contributed by atoms with Gasteiger partial charge in [-0.15, -0.1) is 0 Å². The third kappa shape index (κ3) is 3.88. The highest BCUT2D eigenvalue weighted by molar-refractivity contribution is 7.89. The average Bonchev–Trinajstić information content (AvgIpc) is 2.38. The lowest BCUT2D eigenvalue weighted by Gasteiger charge is -2.10. The molecule has 1 rings (SSSR count). The van der Waals surface area contributed by atoms with Crippen molar-refractivity contribution in [3.05, 3.63) is 24.0 Å². The molecule has 0 amide bonds. The molecule has 0 aliphatic heterocycles. The zero-order chi connectivity index (χ0) is 14.6. The minimum Gasteiger partial charge on any atom is -0.467 e. The highest BCUT2D eigenvalue weighted by Gasteiger charge is 2.21. The first-order chi connectivity index (χ1) is 8.77. The molecule has 1 aromatic rings. The molecular formula is C10H13FN2O5S. The first kappa shape index (κ1) is 15.3. The summed E-state index contributed by atoms with van der Waals surface area (Å²) in [4.78, 5) is 10.6. The van der Waals surface area contributed by atoms with Crippen LogP contribution in [0.4, 0.5) is 10.1 Å². The van der Waals surface area contributed by atoms with Gasteiger partial charge in [-0.2, -0.15) is 0 Å². The number of rotatable bonds is 5. The molecule has 106 valence electrons. The van der Waals surface area contributed by atoms with Gasteiger partial charge in [0.2, 0.25) is 10.0 Å². The monoisotopic (exact) mass is 292 g/mol. The third-order valence-electron chi connectivity index (χ3n) is 2.22. The van der Waals surface area contributed by atoms with Crippen molar-refractivity contribution >= 4 is 21.7 Å². The number of nitrogens with two attached hydrogens (primary N) is 1. The normalized spacial score (nSPS) is 13.0. The fourth-order valence-corrected chi connectivity index (χ4v) is 2.25. The summed E-state index contributed by atoms with van der Waals surface area (Å²) in [5.74, 6) is -1.71. The van der Waals surface area contributed by atoms with Crippen LogP contribution in [0.5, 0.6) is 0 Å². The van der Waals surface area contributed by atoms with Gasteiger partial charge in [0, 0.05) is 6.54 Å². The number of esters is 1. The van der Waals surface area contributed by atoms with Gasteiger partial charge in [-0.1, -0.05) is 0 Å². The Balaban J connectivity index is 2.81. The van der Waals surface area contributed by atoms with Gasteiger partial charge in [0.05, 0.1) is 17.7 Å². The van der Waals surface area contributed by atoms with E-state index in [0.29, 0.717) is 0 Å². The summed E-state index contributed by atoms with van der Waals surface area (Å²) in [6.45, 7) is -0.563. The number of nitrogens with one attached hydrogen (secondary N) is 1. The molecular weight excluding hydrogens is 279 g/mol. The lowest BCUT2D eigenvalue weighted by Crippen LogP contribution is -2.37. The standard InChI is InChI=1S/C10H13FN2O5S/c1-18-10(15)9(14)5-13-19(16,17)6-2-3-7(11)8(12)4-6/h2-4,9,13-14H,5,12H2,1H3. The first-order valence-corrected chi connectivity index (χ1v) is 6.57. The van der Waals surface area contributed by atoms with Crippen LogP contribution in [-0.4, -0.2) is 39.3 Å². The van der Waals surface area contributed by atoms with Gasteiger partial charge < -0.3 is 15.6 Å². The Morgan fingerprint density at radius 2 is 2.21 bits per heavy atom. The second-order valence-corrected chi connectivity index (χ2v) is 5.34. The van der Waals surface area contributed by atoms with Crippen LogP contribution in [0.1, 0.15) is 0 Å². The van der Waals surface area contributed by atoms with E-state index in [1.165, 1.54) is 0 Å². The average molecular weight is 292 g/mol. The molecule has 0 fully saturated rings. The molecule has 0 aromatic heterocycles. The van der Waals surface area contributed by atoms with Gasteiger partial charge in [-0.3, -0.25) is 0 Å². The van der Waals surface area contributed by atoms with Crippen molar-refractivity contribution in [1.29, 1.82) is 0 Å². The summed E-state index contributed by atoms with van der Waals surface area (Å²) >= 11 is 0. The van der Waals surface area contributed by atoms with Crippen LogP contribution in [0.15, 0.2) is 23.1 Å². The van der Waals surface area contributed by atoms with E-state index in [1.54, 1.807) is 0 Å². The van der Waals surface area contributed by atoms with Crippen LogP contribution in [0.2, 0.25) is 0 Å². The zero-order valence-corrected chi connectivity index (χ0v) is 10.8. The molecule has 4 N–H and O–H groups in total. The fourth-order valence-electron chi connectivity index (χ4n) is 1.18. The molecule has 0 aliphatic carbocycles. The maximum atomic E-state index is 12.9. The summed E-state index contributed by atoms with van der Waals surface area (Å²) in [6, 6.07) is 2.85. The van der Waals surface area contributed by atoms with Crippen molar-refractivity contribution in [1.82, 2.24) is 4.72 Å². The SMILES string of the molecule is COC(=O)C(O)CNS(=O)(=O)c1ccc(F)c(N)c1. The Kier molecular flexibility index (Phi) is 4.81. The van der Waals surface area contributed by atoms with Gasteiger partial charge in [0.15, 0.2) is 6.10 Å². The van der Waals surface area contributed by atoms with Crippen molar-refractivity contribution in [2.24, 2.45) is 0 Å². The van der Waals surface area contributed by atoms with Crippen molar-refractivity contribution in [3.8, 4) is 0 Å². The molecule has 1 unspecified atom stereocenters. The van der Waals surface area contributed by atoms with Crippen molar-refractivity contribution in [2.75, 3.05) is 19.4 Å². The van der Waals surface area contributed by atoms with Crippen LogP contribution in [-0.2, 0) is 19.6 Å². The topological polar surface area (TPSA) is 119 Å². The predicted octanol–water partition coefficient (Wildman–Crippen LogP) is -0.780.